The molecule has 0 spiro atoms. The molecule has 0 N–H and O–H groups in total. The van der Waals surface area contributed by atoms with Crippen LogP contribution in [0, 0.1) is 6.92 Å². The van der Waals surface area contributed by atoms with Crippen LogP contribution in [0.1, 0.15) is 5.56 Å². The second-order valence-corrected chi connectivity index (χ2v) is 4.58. The normalized spacial score (nSPS) is 10.1. The van der Waals surface area contributed by atoms with Crippen LogP contribution in [0.2, 0.25) is 0 Å². The molecule has 2 aromatic rings. The molecule has 0 radical (unpaired) electrons. The summed E-state index contributed by atoms with van der Waals surface area (Å²) in [5, 5.41) is 0. The molecular formula is C10H9NSe. The van der Waals surface area contributed by atoms with E-state index in [2.05, 4.69) is 41.1 Å². The van der Waals surface area contributed by atoms with Crippen molar-refractivity contribution in [2.24, 2.45) is 0 Å². The Labute approximate surface area is 77.8 Å². The van der Waals surface area contributed by atoms with Gasteiger partial charge in [0.15, 0.2) is 0 Å². The molecule has 1 nitrogen and oxygen atoms in total. The van der Waals surface area contributed by atoms with Crippen molar-refractivity contribution in [2.75, 3.05) is 0 Å². The molecule has 0 fully saturated rings. The number of aryl methyl sites for hydroxylation is 1. The number of hydrogen-bond donors (Lipinski definition) is 0. The quantitative estimate of drug-likeness (QED) is 0.673. The van der Waals surface area contributed by atoms with Gasteiger partial charge in [-0.2, -0.15) is 0 Å². The molecule has 12 heavy (non-hydrogen) atoms. The third-order valence-corrected chi connectivity index (χ3v) is 3.42. The second kappa shape index (κ2) is 3.26. The zero-order chi connectivity index (χ0) is 8.39. The van der Waals surface area contributed by atoms with Crippen molar-refractivity contribution >= 4 is 14.5 Å². The van der Waals surface area contributed by atoms with Crippen LogP contribution in [0.5, 0.6) is 0 Å². The van der Waals surface area contributed by atoms with Gasteiger partial charge >= 0.3 is 77.5 Å². The van der Waals surface area contributed by atoms with Crippen LogP contribution in [0.15, 0.2) is 35.4 Å². The molecule has 0 atom stereocenters. The fourth-order valence-electron chi connectivity index (χ4n) is 1.14. The average molecular weight is 222 g/mol. The number of nitrogens with zero attached hydrogens (tertiary/aromatic N) is 1. The molecule has 1 heterocycles. The predicted octanol–water partition coefficient (Wildman–Crippen LogP) is 2.11. The minimum absolute atomic E-state index is 0.452. The van der Waals surface area contributed by atoms with Gasteiger partial charge in [-0.05, 0) is 0 Å². The average Bonchev–Trinajstić information content (AvgIpc) is 2.56. The molecule has 2 heteroatoms. The third-order valence-electron chi connectivity index (χ3n) is 1.70. The van der Waals surface area contributed by atoms with E-state index in [9.17, 15) is 0 Å². The fraction of sp³-hybridized carbons (Fsp3) is 0.100. The Balaban J connectivity index is 2.48. The van der Waals surface area contributed by atoms with E-state index in [4.69, 9.17) is 0 Å². The summed E-state index contributed by atoms with van der Waals surface area (Å²) in [5.74, 6) is 0. The number of aromatic nitrogens is 1. The molecule has 0 aliphatic rings. The number of hydrogen-bond acceptors (Lipinski definition) is 1. The second-order valence-electron chi connectivity index (χ2n) is 2.71. The molecular weight excluding hydrogens is 213 g/mol. The van der Waals surface area contributed by atoms with Crippen molar-refractivity contribution < 1.29 is 0 Å². The van der Waals surface area contributed by atoms with E-state index >= 15 is 0 Å². The molecule has 60 valence electrons. The first-order valence-electron chi connectivity index (χ1n) is 3.83. The Morgan fingerprint density at radius 3 is 2.92 bits per heavy atom. The first kappa shape index (κ1) is 7.78. The molecule has 0 saturated heterocycles. The monoisotopic (exact) mass is 223 g/mol. The van der Waals surface area contributed by atoms with Gasteiger partial charge in [-0.3, -0.25) is 0 Å². The summed E-state index contributed by atoms with van der Waals surface area (Å²) in [5.41, 5.74) is 2.58. The van der Waals surface area contributed by atoms with Gasteiger partial charge in [0.05, 0.1) is 0 Å². The molecule has 1 aromatic carbocycles. The fourth-order valence-corrected chi connectivity index (χ4v) is 2.48. The van der Waals surface area contributed by atoms with E-state index < -0.39 is 0 Å². The van der Waals surface area contributed by atoms with Crippen molar-refractivity contribution in [3.05, 3.63) is 41.0 Å². The zero-order valence-corrected chi connectivity index (χ0v) is 8.53. The third kappa shape index (κ3) is 1.50. The van der Waals surface area contributed by atoms with Gasteiger partial charge < -0.3 is 0 Å². The minimum atomic E-state index is 0.452. The Morgan fingerprint density at radius 2 is 2.25 bits per heavy atom. The summed E-state index contributed by atoms with van der Waals surface area (Å²) >= 11 is 0.452. The van der Waals surface area contributed by atoms with Gasteiger partial charge in [-0.15, -0.1) is 0 Å². The maximum absolute atomic E-state index is 4.31. The summed E-state index contributed by atoms with van der Waals surface area (Å²) < 4.78 is 1.24. The van der Waals surface area contributed by atoms with E-state index in [1.165, 1.54) is 15.7 Å². The molecule has 0 aliphatic carbocycles. The Kier molecular flexibility index (Phi) is 2.11. The van der Waals surface area contributed by atoms with Crippen LogP contribution in [0.25, 0.3) is 10.1 Å². The molecule has 0 saturated carbocycles. The van der Waals surface area contributed by atoms with Crippen LogP contribution in [0.4, 0.5) is 0 Å². The van der Waals surface area contributed by atoms with E-state index in [1.54, 1.807) is 0 Å². The van der Waals surface area contributed by atoms with Crippen molar-refractivity contribution in [2.45, 2.75) is 6.92 Å². The van der Waals surface area contributed by atoms with Gasteiger partial charge in [-0.1, -0.05) is 0 Å². The SMILES string of the molecule is Cc1cccc(-c2ncc[se]2)c1. The zero-order valence-electron chi connectivity index (χ0n) is 6.82. The molecule has 1 aromatic heterocycles. The van der Waals surface area contributed by atoms with Crippen molar-refractivity contribution in [3.8, 4) is 10.1 Å². The summed E-state index contributed by atoms with van der Waals surface area (Å²) in [4.78, 5) is 6.45. The van der Waals surface area contributed by atoms with Crippen LogP contribution in [-0.4, -0.2) is 19.5 Å². The molecule has 0 bridgehead atoms. The van der Waals surface area contributed by atoms with Gasteiger partial charge in [-0.25, -0.2) is 0 Å². The van der Waals surface area contributed by atoms with Crippen molar-refractivity contribution in [1.29, 1.82) is 0 Å². The van der Waals surface area contributed by atoms with Gasteiger partial charge in [0, 0.05) is 0 Å². The number of rotatable bonds is 1. The standard InChI is InChI=1S/C10H9NSe/c1-8-3-2-4-9(7-8)10-11-5-6-12-10/h2-7H,1H3. The Hall–Kier alpha value is -0.851. The maximum atomic E-state index is 4.31. The molecule has 0 unspecified atom stereocenters. The molecule has 0 aliphatic heterocycles. The molecule has 2 rings (SSSR count). The van der Waals surface area contributed by atoms with Gasteiger partial charge in [0.2, 0.25) is 0 Å². The summed E-state index contributed by atoms with van der Waals surface area (Å²) in [6.07, 6.45) is 1.90. The topological polar surface area (TPSA) is 12.9 Å². The Bertz CT molecular complexity index is 365. The van der Waals surface area contributed by atoms with E-state index in [0.29, 0.717) is 14.5 Å². The summed E-state index contributed by atoms with van der Waals surface area (Å²) in [6, 6.07) is 8.51. The van der Waals surface area contributed by atoms with E-state index in [0.717, 1.165) is 0 Å². The first-order valence-corrected chi connectivity index (χ1v) is 5.67. The van der Waals surface area contributed by atoms with E-state index in [-0.39, 0.29) is 0 Å². The van der Waals surface area contributed by atoms with Gasteiger partial charge in [0.1, 0.15) is 0 Å². The first-order chi connectivity index (χ1) is 5.86. The molecule has 0 amide bonds. The van der Waals surface area contributed by atoms with Crippen LogP contribution < -0.4 is 0 Å². The Morgan fingerprint density at radius 1 is 1.33 bits per heavy atom. The van der Waals surface area contributed by atoms with E-state index in [1.807, 2.05) is 6.20 Å². The van der Waals surface area contributed by atoms with Crippen LogP contribution in [0.3, 0.4) is 0 Å². The van der Waals surface area contributed by atoms with Crippen molar-refractivity contribution in [3.63, 3.8) is 0 Å². The number of benzene rings is 1. The van der Waals surface area contributed by atoms with Gasteiger partial charge in [0.25, 0.3) is 0 Å². The summed E-state index contributed by atoms with van der Waals surface area (Å²) in [7, 11) is 0. The van der Waals surface area contributed by atoms with Crippen LogP contribution >= 0.6 is 0 Å². The predicted molar refractivity (Wildman–Crippen MR) is 51.4 cm³/mol. The van der Waals surface area contributed by atoms with Crippen LogP contribution in [-0.2, 0) is 0 Å². The summed E-state index contributed by atoms with van der Waals surface area (Å²) in [6.45, 7) is 2.11. The van der Waals surface area contributed by atoms with Crippen molar-refractivity contribution in [1.82, 2.24) is 4.98 Å².